The molecular formula is C19H20N4O2S. The zero-order chi connectivity index (χ0) is 18.0. The van der Waals surface area contributed by atoms with E-state index in [2.05, 4.69) is 10.3 Å². The summed E-state index contributed by atoms with van der Waals surface area (Å²) in [5.74, 6) is 1.11. The van der Waals surface area contributed by atoms with E-state index in [-0.39, 0.29) is 5.91 Å². The molecule has 1 amide bonds. The third-order valence-corrected chi connectivity index (χ3v) is 5.63. The standard InChI is InChI=1S/C19H20N4O2S/c20-18(24)19(6-8-25-9-7-19)12-21-17-14-3-1-2-4-15(14)22-16(23-17)13-5-10-26-11-13/h1-5,10-11H,6-9,12H2,(H2,20,24)(H,21,22,23). The van der Waals surface area contributed by atoms with Gasteiger partial charge in [0, 0.05) is 36.1 Å². The second kappa shape index (κ2) is 7.01. The molecule has 0 radical (unpaired) electrons. The van der Waals surface area contributed by atoms with Crippen LogP contribution in [0, 0.1) is 5.41 Å². The highest BCUT2D eigenvalue weighted by Crippen LogP contribution is 2.32. The van der Waals surface area contributed by atoms with Crippen molar-refractivity contribution < 1.29 is 9.53 Å². The van der Waals surface area contributed by atoms with Gasteiger partial charge in [0.05, 0.1) is 10.9 Å². The molecule has 1 aliphatic heterocycles. The topological polar surface area (TPSA) is 90.1 Å². The van der Waals surface area contributed by atoms with Crippen LogP contribution in [0.25, 0.3) is 22.3 Å². The number of anilines is 1. The SMILES string of the molecule is NC(=O)C1(CNc2nc(-c3ccsc3)nc3ccccc23)CCOCC1. The van der Waals surface area contributed by atoms with E-state index in [1.54, 1.807) is 11.3 Å². The summed E-state index contributed by atoms with van der Waals surface area (Å²) in [7, 11) is 0. The van der Waals surface area contributed by atoms with Crippen molar-refractivity contribution in [3.05, 3.63) is 41.1 Å². The van der Waals surface area contributed by atoms with E-state index in [0.717, 1.165) is 22.3 Å². The van der Waals surface area contributed by atoms with E-state index in [9.17, 15) is 4.79 Å². The lowest BCUT2D eigenvalue weighted by Gasteiger charge is -2.34. The molecule has 0 bridgehead atoms. The first kappa shape index (κ1) is 16.9. The van der Waals surface area contributed by atoms with Crippen LogP contribution >= 0.6 is 11.3 Å². The number of nitrogens with two attached hydrogens (primary N) is 1. The summed E-state index contributed by atoms with van der Waals surface area (Å²) in [4.78, 5) is 21.5. The number of ether oxygens (including phenoxy) is 1. The van der Waals surface area contributed by atoms with Crippen molar-refractivity contribution in [2.24, 2.45) is 11.1 Å². The second-order valence-corrected chi connectivity index (χ2v) is 7.32. The van der Waals surface area contributed by atoms with Gasteiger partial charge in [0.1, 0.15) is 5.82 Å². The number of hydrogen-bond acceptors (Lipinski definition) is 6. The fourth-order valence-corrected chi connectivity index (χ4v) is 3.89. The van der Waals surface area contributed by atoms with Crippen molar-refractivity contribution in [3.63, 3.8) is 0 Å². The lowest BCUT2D eigenvalue weighted by molar-refractivity contribution is -0.132. The minimum atomic E-state index is -0.604. The summed E-state index contributed by atoms with van der Waals surface area (Å²) in [5, 5.41) is 8.34. The smallest absolute Gasteiger partial charge is 0.225 e. The number of carbonyl (C=O) groups excluding carboxylic acids is 1. The number of primary amides is 1. The first-order valence-electron chi connectivity index (χ1n) is 8.59. The lowest BCUT2D eigenvalue weighted by Crippen LogP contribution is -2.46. The number of rotatable bonds is 5. The van der Waals surface area contributed by atoms with Gasteiger partial charge in [0.15, 0.2) is 5.82 Å². The quantitative estimate of drug-likeness (QED) is 0.722. The number of nitrogens with zero attached hydrogens (tertiary/aromatic N) is 2. The van der Waals surface area contributed by atoms with Crippen molar-refractivity contribution in [1.29, 1.82) is 0 Å². The first-order valence-corrected chi connectivity index (χ1v) is 9.53. The van der Waals surface area contributed by atoms with Gasteiger partial charge in [-0.2, -0.15) is 11.3 Å². The predicted octanol–water partition coefficient (Wildman–Crippen LogP) is 3.05. The van der Waals surface area contributed by atoms with Gasteiger partial charge in [0.25, 0.3) is 0 Å². The molecule has 26 heavy (non-hydrogen) atoms. The largest absolute Gasteiger partial charge is 0.381 e. The number of fused-ring (bicyclic) bond motifs is 1. The Balaban J connectivity index is 1.70. The molecule has 0 saturated carbocycles. The maximum atomic E-state index is 12.1. The zero-order valence-corrected chi connectivity index (χ0v) is 15.1. The Bertz CT molecular complexity index is 920. The van der Waals surface area contributed by atoms with Crippen LogP contribution in [-0.2, 0) is 9.53 Å². The Kier molecular flexibility index (Phi) is 4.57. The molecule has 4 rings (SSSR count). The lowest BCUT2D eigenvalue weighted by atomic mass is 9.79. The third kappa shape index (κ3) is 3.15. The highest BCUT2D eigenvalue weighted by atomic mass is 32.1. The molecule has 3 aromatic rings. The van der Waals surface area contributed by atoms with Crippen LogP contribution in [-0.4, -0.2) is 35.6 Å². The molecule has 6 nitrogen and oxygen atoms in total. The maximum Gasteiger partial charge on any atom is 0.225 e. The molecule has 3 heterocycles. The summed E-state index contributed by atoms with van der Waals surface area (Å²) >= 11 is 1.61. The Hall–Kier alpha value is -2.51. The molecular weight excluding hydrogens is 348 g/mol. The molecule has 3 N–H and O–H groups in total. The van der Waals surface area contributed by atoms with Gasteiger partial charge in [-0.05, 0) is 36.4 Å². The number of nitrogens with one attached hydrogen (secondary N) is 1. The summed E-state index contributed by atoms with van der Waals surface area (Å²) in [6, 6.07) is 9.87. The summed E-state index contributed by atoms with van der Waals surface area (Å²) in [5.41, 5.74) is 6.97. The van der Waals surface area contributed by atoms with E-state index < -0.39 is 5.41 Å². The van der Waals surface area contributed by atoms with Gasteiger partial charge >= 0.3 is 0 Å². The minimum Gasteiger partial charge on any atom is -0.381 e. The van der Waals surface area contributed by atoms with Gasteiger partial charge in [-0.25, -0.2) is 9.97 Å². The van der Waals surface area contributed by atoms with Gasteiger partial charge in [-0.15, -0.1) is 0 Å². The molecule has 1 fully saturated rings. The molecule has 1 aliphatic rings. The molecule has 0 atom stereocenters. The summed E-state index contributed by atoms with van der Waals surface area (Å²) in [6.07, 6.45) is 1.24. The number of amides is 1. The van der Waals surface area contributed by atoms with E-state index in [4.69, 9.17) is 15.5 Å². The molecule has 2 aromatic heterocycles. The average Bonchev–Trinajstić information content (AvgIpc) is 3.21. The van der Waals surface area contributed by atoms with Crippen LogP contribution in [0.2, 0.25) is 0 Å². The van der Waals surface area contributed by atoms with Crippen LogP contribution in [0.15, 0.2) is 41.1 Å². The summed E-state index contributed by atoms with van der Waals surface area (Å²) in [6.45, 7) is 1.54. The Morgan fingerprint density at radius 2 is 2.04 bits per heavy atom. The van der Waals surface area contributed by atoms with Gasteiger partial charge in [0.2, 0.25) is 5.91 Å². The molecule has 7 heteroatoms. The molecule has 0 unspecified atom stereocenters. The normalized spacial score (nSPS) is 16.5. The molecule has 0 aliphatic carbocycles. The van der Waals surface area contributed by atoms with Crippen molar-refractivity contribution in [2.45, 2.75) is 12.8 Å². The van der Waals surface area contributed by atoms with Gasteiger partial charge in [-0.3, -0.25) is 4.79 Å². The number of thiophene rings is 1. The number of benzene rings is 1. The van der Waals surface area contributed by atoms with Crippen molar-refractivity contribution in [1.82, 2.24) is 9.97 Å². The van der Waals surface area contributed by atoms with Crippen LogP contribution < -0.4 is 11.1 Å². The Labute approximate surface area is 155 Å². The first-order chi connectivity index (χ1) is 12.7. The van der Waals surface area contributed by atoms with Gasteiger partial charge < -0.3 is 15.8 Å². The van der Waals surface area contributed by atoms with E-state index >= 15 is 0 Å². The van der Waals surface area contributed by atoms with Crippen LogP contribution in [0.4, 0.5) is 5.82 Å². The summed E-state index contributed by atoms with van der Waals surface area (Å²) < 4.78 is 5.41. The van der Waals surface area contributed by atoms with Crippen molar-refractivity contribution in [3.8, 4) is 11.4 Å². The molecule has 0 spiro atoms. The predicted molar refractivity (Wildman–Crippen MR) is 103 cm³/mol. The number of aromatic nitrogens is 2. The highest BCUT2D eigenvalue weighted by molar-refractivity contribution is 7.08. The van der Waals surface area contributed by atoms with Crippen molar-refractivity contribution in [2.75, 3.05) is 25.1 Å². The molecule has 1 aromatic carbocycles. The highest BCUT2D eigenvalue weighted by Gasteiger charge is 2.38. The monoisotopic (exact) mass is 368 g/mol. The third-order valence-electron chi connectivity index (χ3n) is 4.95. The van der Waals surface area contributed by atoms with Crippen LogP contribution in [0.1, 0.15) is 12.8 Å². The fourth-order valence-electron chi connectivity index (χ4n) is 3.26. The maximum absolute atomic E-state index is 12.1. The van der Waals surface area contributed by atoms with E-state index in [0.29, 0.717) is 38.4 Å². The van der Waals surface area contributed by atoms with Crippen LogP contribution in [0.5, 0.6) is 0 Å². The zero-order valence-electron chi connectivity index (χ0n) is 14.3. The van der Waals surface area contributed by atoms with E-state index in [1.165, 1.54) is 0 Å². The Morgan fingerprint density at radius 3 is 2.77 bits per heavy atom. The van der Waals surface area contributed by atoms with E-state index in [1.807, 2.05) is 41.1 Å². The average molecular weight is 368 g/mol. The number of para-hydroxylation sites is 1. The van der Waals surface area contributed by atoms with Crippen LogP contribution in [0.3, 0.4) is 0 Å². The Morgan fingerprint density at radius 1 is 1.23 bits per heavy atom. The number of carbonyl (C=O) groups is 1. The second-order valence-electron chi connectivity index (χ2n) is 6.54. The van der Waals surface area contributed by atoms with Crippen molar-refractivity contribution >= 4 is 34.0 Å². The molecule has 1 saturated heterocycles. The number of hydrogen-bond donors (Lipinski definition) is 2. The van der Waals surface area contributed by atoms with Gasteiger partial charge in [-0.1, -0.05) is 12.1 Å². The minimum absolute atomic E-state index is 0.287. The fraction of sp³-hybridized carbons (Fsp3) is 0.316. The molecule has 134 valence electrons.